The van der Waals surface area contributed by atoms with Gasteiger partial charge in [0.1, 0.15) is 12.2 Å². The van der Waals surface area contributed by atoms with Crippen molar-refractivity contribution in [3.05, 3.63) is 42.1 Å². The van der Waals surface area contributed by atoms with Crippen LogP contribution in [0, 0.1) is 0 Å². The van der Waals surface area contributed by atoms with Gasteiger partial charge in [0.2, 0.25) is 0 Å². The molecule has 0 aromatic heterocycles. The van der Waals surface area contributed by atoms with Crippen LogP contribution in [0.2, 0.25) is 18.1 Å². The summed E-state index contributed by atoms with van der Waals surface area (Å²) < 4.78 is 24.3. The molecule has 0 fully saturated rings. The number of ether oxygens (including phenoxy) is 3. The lowest BCUT2D eigenvalue weighted by atomic mass is 10.1. The molecule has 2 heterocycles. The van der Waals surface area contributed by atoms with Crippen LogP contribution in [0.15, 0.2) is 36.6 Å². The molecule has 2 amide bonds. The first-order valence-electron chi connectivity index (χ1n) is 12.7. The molecular weight excluding hydrogens is 488 g/mol. The molecule has 0 bridgehead atoms. The van der Waals surface area contributed by atoms with Gasteiger partial charge in [-0.2, -0.15) is 0 Å². The molecule has 0 saturated carbocycles. The standard InChI is InChI=1S/C28H42N2O6Si/c1-12-13-34-26(32)30-20-16-22(33-9)23(35-27(3,4)5)15-19(20)24(31)29-17-18(2)14-21(29)25(30)36-37(10,11)28(6,7)8/h12,15-17,21,25H,1,13-14H2,2-11H3/t21-,25-/m0/s1. The van der Waals surface area contributed by atoms with Crippen LogP contribution in [-0.4, -0.2) is 56.8 Å². The topological polar surface area (TPSA) is 77.5 Å². The molecule has 1 aromatic rings. The summed E-state index contributed by atoms with van der Waals surface area (Å²) in [6.45, 7) is 22.1. The van der Waals surface area contributed by atoms with Gasteiger partial charge in [0.05, 0.1) is 24.4 Å². The minimum atomic E-state index is -2.41. The van der Waals surface area contributed by atoms with E-state index >= 15 is 0 Å². The highest BCUT2D eigenvalue weighted by molar-refractivity contribution is 6.74. The van der Waals surface area contributed by atoms with Gasteiger partial charge in [-0.25, -0.2) is 9.69 Å². The van der Waals surface area contributed by atoms with Gasteiger partial charge < -0.3 is 23.5 Å². The minimum Gasteiger partial charge on any atom is -0.493 e. The molecule has 0 radical (unpaired) electrons. The molecule has 0 unspecified atom stereocenters. The van der Waals surface area contributed by atoms with Gasteiger partial charge in [0.25, 0.3) is 5.91 Å². The summed E-state index contributed by atoms with van der Waals surface area (Å²) in [7, 11) is -0.878. The minimum absolute atomic E-state index is 0.0272. The number of carbonyl (C=O) groups is 2. The normalized spacial score (nSPS) is 20.1. The molecule has 3 rings (SSSR count). The summed E-state index contributed by atoms with van der Waals surface area (Å²) in [5.74, 6) is 0.589. The number of hydrogen-bond donors (Lipinski definition) is 0. The third-order valence-electron chi connectivity index (χ3n) is 7.00. The first-order valence-corrected chi connectivity index (χ1v) is 15.6. The van der Waals surface area contributed by atoms with E-state index in [0.29, 0.717) is 29.2 Å². The Hall–Kier alpha value is -2.78. The van der Waals surface area contributed by atoms with Crippen molar-refractivity contribution in [2.75, 3.05) is 18.6 Å². The Morgan fingerprint density at radius 3 is 2.35 bits per heavy atom. The van der Waals surface area contributed by atoms with Gasteiger partial charge in [0.15, 0.2) is 26.0 Å². The van der Waals surface area contributed by atoms with Crippen molar-refractivity contribution < 1.29 is 28.2 Å². The monoisotopic (exact) mass is 530 g/mol. The van der Waals surface area contributed by atoms with Gasteiger partial charge in [0, 0.05) is 12.3 Å². The second-order valence-corrected chi connectivity index (χ2v) is 17.0. The summed E-state index contributed by atoms with van der Waals surface area (Å²) >= 11 is 0. The highest BCUT2D eigenvalue weighted by Crippen LogP contribution is 2.45. The van der Waals surface area contributed by atoms with Gasteiger partial charge in [-0.3, -0.25) is 4.79 Å². The lowest BCUT2D eigenvalue weighted by Crippen LogP contribution is -2.57. The van der Waals surface area contributed by atoms with Gasteiger partial charge in [-0.05, 0) is 58.3 Å². The first-order chi connectivity index (χ1) is 17.0. The van der Waals surface area contributed by atoms with Gasteiger partial charge in [-0.15, -0.1) is 0 Å². The lowest BCUT2D eigenvalue weighted by Gasteiger charge is -2.44. The van der Waals surface area contributed by atoms with Crippen LogP contribution in [-0.2, 0) is 9.16 Å². The van der Waals surface area contributed by atoms with Gasteiger partial charge in [-0.1, -0.05) is 39.0 Å². The molecule has 1 aromatic carbocycles. The molecule has 2 aliphatic rings. The fourth-order valence-electron chi connectivity index (χ4n) is 4.21. The number of carbonyl (C=O) groups excluding carboxylic acids is 2. The molecule has 2 atom stereocenters. The predicted octanol–water partition coefficient (Wildman–Crippen LogP) is 6.48. The second kappa shape index (κ2) is 10.2. The third kappa shape index (κ3) is 5.88. The smallest absolute Gasteiger partial charge is 0.416 e. The maximum Gasteiger partial charge on any atom is 0.416 e. The third-order valence-corrected chi connectivity index (χ3v) is 11.4. The summed E-state index contributed by atoms with van der Waals surface area (Å²) in [6.07, 6.45) is 2.56. The fourth-order valence-corrected chi connectivity index (χ4v) is 5.43. The Morgan fingerprint density at radius 2 is 1.81 bits per heavy atom. The Labute approximate surface area is 222 Å². The van der Waals surface area contributed by atoms with Crippen LogP contribution in [0.3, 0.4) is 0 Å². The summed E-state index contributed by atoms with van der Waals surface area (Å²) in [5, 5.41) is -0.128. The zero-order chi connectivity index (χ0) is 27.9. The fraction of sp³-hybridized carbons (Fsp3) is 0.571. The van der Waals surface area contributed by atoms with Crippen molar-refractivity contribution in [2.45, 2.75) is 90.9 Å². The molecule has 9 heteroatoms. The van der Waals surface area contributed by atoms with Crippen LogP contribution in [0.5, 0.6) is 11.5 Å². The van der Waals surface area contributed by atoms with E-state index in [1.807, 2.05) is 33.9 Å². The summed E-state index contributed by atoms with van der Waals surface area (Å²) in [4.78, 5) is 30.9. The maximum absolute atomic E-state index is 14.0. The number of nitrogens with zero attached hydrogens (tertiary/aromatic N) is 2. The van der Waals surface area contributed by atoms with Crippen LogP contribution in [0.4, 0.5) is 10.5 Å². The molecule has 0 spiro atoms. The highest BCUT2D eigenvalue weighted by atomic mass is 28.4. The van der Waals surface area contributed by atoms with E-state index in [4.69, 9.17) is 18.6 Å². The molecule has 0 saturated heterocycles. The van der Waals surface area contributed by atoms with E-state index in [0.717, 1.165) is 5.57 Å². The van der Waals surface area contributed by atoms with E-state index < -0.39 is 32.3 Å². The van der Waals surface area contributed by atoms with E-state index in [1.54, 1.807) is 17.0 Å². The van der Waals surface area contributed by atoms with E-state index in [-0.39, 0.29) is 17.6 Å². The lowest BCUT2D eigenvalue weighted by molar-refractivity contribution is 0.0588. The molecule has 37 heavy (non-hydrogen) atoms. The SMILES string of the molecule is C=CCOC(=O)N1c2cc(OC)c(OC(C)(C)C)cc2C(=O)N2C=C(C)C[C@H]2[C@@H]1O[Si](C)(C)C(C)(C)C. The van der Waals surface area contributed by atoms with Crippen LogP contribution < -0.4 is 14.4 Å². The van der Waals surface area contributed by atoms with Crippen molar-refractivity contribution in [1.29, 1.82) is 0 Å². The summed E-state index contributed by atoms with van der Waals surface area (Å²) in [5.41, 5.74) is 1.18. The number of hydrogen-bond acceptors (Lipinski definition) is 6. The number of amides is 2. The van der Waals surface area contributed by atoms with Crippen molar-refractivity contribution in [1.82, 2.24) is 4.90 Å². The second-order valence-electron chi connectivity index (χ2n) is 12.2. The van der Waals surface area contributed by atoms with E-state index in [2.05, 4.69) is 40.4 Å². The Kier molecular flexibility index (Phi) is 7.91. The largest absolute Gasteiger partial charge is 0.493 e. The highest BCUT2D eigenvalue weighted by Gasteiger charge is 2.50. The Balaban J connectivity index is 2.30. The number of anilines is 1. The van der Waals surface area contributed by atoms with Gasteiger partial charge >= 0.3 is 6.09 Å². The summed E-state index contributed by atoms with van der Waals surface area (Å²) in [6, 6.07) is 2.91. The van der Waals surface area contributed by atoms with Crippen molar-refractivity contribution in [3.63, 3.8) is 0 Å². The van der Waals surface area contributed by atoms with Crippen LogP contribution in [0.1, 0.15) is 65.2 Å². The molecular formula is C28H42N2O6Si. The zero-order valence-corrected chi connectivity index (χ0v) is 24.9. The van der Waals surface area contributed by atoms with Crippen LogP contribution >= 0.6 is 0 Å². The molecule has 0 N–H and O–H groups in total. The Bertz CT molecular complexity index is 1100. The number of methoxy groups -OCH3 is 1. The van der Waals surface area contributed by atoms with Crippen LogP contribution in [0.25, 0.3) is 0 Å². The molecule has 204 valence electrons. The number of benzene rings is 1. The predicted molar refractivity (Wildman–Crippen MR) is 148 cm³/mol. The Morgan fingerprint density at radius 1 is 1.16 bits per heavy atom. The molecule has 8 nitrogen and oxygen atoms in total. The van der Waals surface area contributed by atoms with Crippen molar-refractivity contribution in [2.24, 2.45) is 0 Å². The average molecular weight is 531 g/mol. The molecule has 0 aliphatic carbocycles. The molecule has 2 aliphatic heterocycles. The average Bonchev–Trinajstić information content (AvgIpc) is 3.13. The quantitative estimate of drug-likeness (QED) is 0.309. The number of rotatable bonds is 6. The zero-order valence-electron chi connectivity index (χ0n) is 23.9. The maximum atomic E-state index is 14.0. The van der Waals surface area contributed by atoms with E-state index in [1.165, 1.54) is 18.1 Å². The number of fused-ring (bicyclic) bond motifs is 2. The van der Waals surface area contributed by atoms with E-state index in [9.17, 15) is 9.59 Å². The first kappa shape index (κ1) is 28.8. The van der Waals surface area contributed by atoms with Crippen molar-refractivity contribution >= 4 is 26.0 Å². The van der Waals surface area contributed by atoms with Crippen molar-refractivity contribution in [3.8, 4) is 11.5 Å².